The van der Waals surface area contributed by atoms with Crippen LogP contribution in [0.4, 0.5) is 0 Å². The van der Waals surface area contributed by atoms with Gasteiger partial charge < -0.3 is 5.11 Å². The molecule has 47 valence electrons. The third-order valence-corrected chi connectivity index (χ3v) is 1.12. The Labute approximate surface area is 54.2 Å². The van der Waals surface area contributed by atoms with Gasteiger partial charge in [0.25, 0.3) is 0 Å². The molecule has 1 aromatic rings. The van der Waals surface area contributed by atoms with Crippen LogP contribution in [-0.2, 0) is 0 Å². The quantitative estimate of drug-likeness (QED) is 0.561. The molecule has 0 aliphatic carbocycles. The molecule has 0 amide bonds. The molecule has 2 nitrogen and oxygen atoms in total. The number of aromatic nitrogens is 1. The number of pyridine rings is 1. The molecular weight excluding hydrogens is 114 g/mol. The number of hydrogen-bond acceptors (Lipinski definition) is 2. The van der Waals surface area contributed by atoms with Gasteiger partial charge in [0.15, 0.2) is 0 Å². The summed E-state index contributed by atoms with van der Waals surface area (Å²) in [6, 6.07) is 4.30. The maximum absolute atomic E-state index is 8.95. The molecule has 1 rings (SSSR count). The Morgan fingerprint density at radius 3 is 2.67 bits per heavy atom. The summed E-state index contributed by atoms with van der Waals surface area (Å²) in [5, 5.41) is 8.95. The molecule has 9 heavy (non-hydrogen) atoms. The van der Waals surface area contributed by atoms with Crippen molar-refractivity contribution in [2.45, 2.75) is 13.8 Å². The van der Waals surface area contributed by atoms with Gasteiger partial charge in [0.05, 0.1) is 5.69 Å². The third-order valence-electron chi connectivity index (χ3n) is 1.12. The zero-order chi connectivity index (χ0) is 6.85. The molecule has 0 atom stereocenters. The van der Waals surface area contributed by atoms with E-state index < -0.39 is 0 Å². The highest BCUT2D eigenvalue weighted by Gasteiger charge is 1.93. The summed E-state index contributed by atoms with van der Waals surface area (Å²) < 4.78 is 0. The Bertz CT molecular complexity index is 220. The lowest BCUT2D eigenvalue weighted by molar-refractivity contribution is 0.467. The third kappa shape index (κ3) is 1.19. The Balaban J connectivity index is 3.17. The average molecular weight is 122 g/mol. The lowest BCUT2D eigenvalue weighted by atomic mass is 10.3. The van der Waals surface area contributed by atoms with Crippen LogP contribution >= 0.6 is 0 Å². The van der Waals surface area contributed by atoms with Gasteiger partial charge >= 0.3 is 0 Å². The van der Waals surface area contributed by atoms with Crippen LogP contribution in [0.25, 0.3) is 0 Å². The van der Waals surface area contributed by atoms with E-state index in [0.29, 0.717) is 5.69 Å². The van der Waals surface area contributed by atoms with Gasteiger partial charge in [-0.3, -0.25) is 4.98 Å². The highest BCUT2D eigenvalue weighted by atomic mass is 16.3. The standard InChI is InChI=1S/C7H8NO/c1-5-3-4-7(9)6(2)8-5/h4,9H,1-2H3. The van der Waals surface area contributed by atoms with E-state index in [9.17, 15) is 0 Å². The van der Waals surface area contributed by atoms with Crippen molar-refractivity contribution in [3.8, 4) is 5.75 Å². The molecule has 1 radical (unpaired) electrons. The Morgan fingerprint density at radius 1 is 1.56 bits per heavy atom. The van der Waals surface area contributed by atoms with Crippen molar-refractivity contribution in [2.24, 2.45) is 0 Å². The second-order valence-corrected chi connectivity index (χ2v) is 1.96. The summed E-state index contributed by atoms with van der Waals surface area (Å²) in [6.07, 6.45) is 0. The van der Waals surface area contributed by atoms with Crippen LogP contribution in [0.3, 0.4) is 0 Å². The zero-order valence-electron chi connectivity index (χ0n) is 5.47. The normalized spacial score (nSPS) is 9.56. The summed E-state index contributed by atoms with van der Waals surface area (Å²) in [5.41, 5.74) is 1.47. The van der Waals surface area contributed by atoms with Crippen LogP contribution < -0.4 is 0 Å². The lowest BCUT2D eigenvalue weighted by Crippen LogP contribution is -1.84. The summed E-state index contributed by atoms with van der Waals surface area (Å²) in [4.78, 5) is 3.97. The molecule has 0 aliphatic rings. The number of nitrogens with zero attached hydrogens (tertiary/aromatic N) is 1. The molecule has 0 aliphatic heterocycles. The minimum Gasteiger partial charge on any atom is -0.506 e. The fourth-order valence-corrected chi connectivity index (χ4v) is 0.618. The first-order valence-corrected chi connectivity index (χ1v) is 2.75. The maximum Gasteiger partial charge on any atom is 0.137 e. The fraction of sp³-hybridized carbons (Fsp3) is 0.286. The first-order valence-electron chi connectivity index (χ1n) is 2.75. The van der Waals surface area contributed by atoms with Gasteiger partial charge in [-0.15, -0.1) is 0 Å². The number of rotatable bonds is 0. The minimum absolute atomic E-state index is 0.209. The molecule has 0 saturated heterocycles. The van der Waals surface area contributed by atoms with E-state index in [4.69, 9.17) is 5.11 Å². The number of hydrogen-bond donors (Lipinski definition) is 1. The van der Waals surface area contributed by atoms with Crippen molar-refractivity contribution in [2.75, 3.05) is 0 Å². The molecule has 0 bridgehead atoms. The molecule has 0 spiro atoms. The monoisotopic (exact) mass is 122 g/mol. The van der Waals surface area contributed by atoms with Gasteiger partial charge in [0.1, 0.15) is 5.75 Å². The summed E-state index contributed by atoms with van der Waals surface area (Å²) in [7, 11) is 0. The van der Waals surface area contributed by atoms with Crippen LogP contribution in [0.1, 0.15) is 11.4 Å². The van der Waals surface area contributed by atoms with Crippen LogP contribution in [0.5, 0.6) is 5.75 Å². The summed E-state index contributed by atoms with van der Waals surface area (Å²) in [6.45, 7) is 3.60. The minimum atomic E-state index is 0.209. The van der Waals surface area contributed by atoms with Crippen molar-refractivity contribution in [1.29, 1.82) is 0 Å². The van der Waals surface area contributed by atoms with E-state index in [-0.39, 0.29) is 5.75 Å². The van der Waals surface area contributed by atoms with E-state index in [1.807, 2.05) is 6.92 Å². The van der Waals surface area contributed by atoms with Gasteiger partial charge in [0, 0.05) is 11.8 Å². The molecule has 0 saturated carbocycles. The maximum atomic E-state index is 8.95. The van der Waals surface area contributed by atoms with Crippen LogP contribution in [0.2, 0.25) is 0 Å². The SMILES string of the molecule is Cc1[c]cc(O)c(C)n1. The van der Waals surface area contributed by atoms with Crippen molar-refractivity contribution < 1.29 is 5.11 Å². The number of aryl methyl sites for hydroxylation is 2. The molecule has 0 fully saturated rings. The van der Waals surface area contributed by atoms with E-state index >= 15 is 0 Å². The van der Waals surface area contributed by atoms with Gasteiger partial charge in [-0.2, -0.15) is 0 Å². The smallest absolute Gasteiger partial charge is 0.137 e. The van der Waals surface area contributed by atoms with Crippen molar-refractivity contribution in [1.82, 2.24) is 4.98 Å². The topological polar surface area (TPSA) is 33.1 Å². The highest BCUT2D eigenvalue weighted by Crippen LogP contribution is 2.11. The lowest BCUT2D eigenvalue weighted by Gasteiger charge is -1.95. The summed E-state index contributed by atoms with van der Waals surface area (Å²) in [5.74, 6) is 0.209. The summed E-state index contributed by atoms with van der Waals surface area (Å²) >= 11 is 0. The first kappa shape index (κ1) is 6.08. The van der Waals surface area contributed by atoms with E-state index in [0.717, 1.165) is 5.69 Å². The second-order valence-electron chi connectivity index (χ2n) is 1.96. The Morgan fingerprint density at radius 2 is 2.22 bits per heavy atom. The molecule has 2 heteroatoms. The van der Waals surface area contributed by atoms with Gasteiger partial charge in [-0.25, -0.2) is 0 Å². The Kier molecular flexibility index (Phi) is 1.39. The van der Waals surface area contributed by atoms with Crippen molar-refractivity contribution in [3.05, 3.63) is 23.5 Å². The van der Waals surface area contributed by atoms with Crippen LogP contribution in [-0.4, -0.2) is 10.1 Å². The molecule has 1 N–H and O–H groups in total. The molecule has 0 unspecified atom stereocenters. The predicted molar refractivity (Wildman–Crippen MR) is 34.2 cm³/mol. The predicted octanol–water partition coefficient (Wildman–Crippen LogP) is 1.20. The second kappa shape index (κ2) is 2.05. The molecule has 1 aromatic heterocycles. The zero-order valence-corrected chi connectivity index (χ0v) is 5.47. The Hall–Kier alpha value is -1.05. The molecule has 0 aromatic carbocycles. The van der Waals surface area contributed by atoms with E-state index in [1.165, 1.54) is 6.07 Å². The van der Waals surface area contributed by atoms with Crippen LogP contribution in [0.15, 0.2) is 6.07 Å². The average Bonchev–Trinajstić information content (AvgIpc) is 1.80. The van der Waals surface area contributed by atoms with E-state index in [2.05, 4.69) is 11.1 Å². The van der Waals surface area contributed by atoms with Crippen molar-refractivity contribution >= 4 is 0 Å². The van der Waals surface area contributed by atoms with Gasteiger partial charge in [-0.1, -0.05) is 0 Å². The first-order chi connectivity index (χ1) is 4.20. The number of aromatic hydroxyl groups is 1. The highest BCUT2D eigenvalue weighted by molar-refractivity contribution is 5.24. The van der Waals surface area contributed by atoms with Gasteiger partial charge in [0.2, 0.25) is 0 Å². The van der Waals surface area contributed by atoms with Gasteiger partial charge in [-0.05, 0) is 19.9 Å². The van der Waals surface area contributed by atoms with Crippen molar-refractivity contribution in [3.63, 3.8) is 0 Å². The fourth-order valence-electron chi connectivity index (χ4n) is 0.618. The largest absolute Gasteiger partial charge is 0.506 e. The molecule has 1 heterocycles. The van der Waals surface area contributed by atoms with E-state index in [1.54, 1.807) is 6.92 Å². The molecular formula is C7H8NO. The van der Waals surface area contributed by atoms with Crippen LogP contribution in [0, 0.1) is 19.9 Å².